The third-order valence-electron chi connectivity index (χ3n) is 3.75. The van der Waals surface area contributed by atoms with Crippen LogP contribution >= 0.6 is 47.2 Å². The summed E-state index contributed by atoms with van der Waals surface area (Å²) in [6.07, 6.45) is 1.03. The van der Waals surface area contributed by atoms with Gasteiger partial charge in [0.2, 0.25) is 5.91 Å². The van der Waals surface area contributed by atoms with Crippen LogP contribution in [0.25, 0.3) is 0 Å². The number of nitrogens with two attached hydrogens (primary N) is 1. The maximum Gasteiger partial charge on any atom is 0.238 e. The van der Waals surface area contributed by atoms with Gasteiger partial charge in [-0.1, -0.05) is 34.8 Å². The molecule has 1 aromatic carbocycles. The number of amides is 1. The van der Waals surface area contributed by atoms with Crippen LogP contribution in [0.5, 0.6) is 0 Å². The van der Waals surface area contributed by atoms with Gasteiger partial charge in [0.1, 0.15) is 0 Å². The molecule has 4 nitrogen and oxygen atoms in total. The van der Waals surface area contributed by atoms with Crippen LogP contribution in [-0.4, -0.2) is 36.5 Å². The van der Waals surface area contributed by atoms with Crippen molar-refractivity contribution in [2.75, 3.05) is 25.0 Å². The second kappa shape index (κ2) is 8.57. The van der Waals surface area contributed by atoms with E-state index in [1.165, 1.54) is 6.07 Å². The van der Waals surface area contributed by atoms with Crippen molar-refractivity contribution in [3.63, 3.8) is 0 Å². The van der Waals surface area contributed by atoms with E-state index in [-0.39, 0.29) is 18.3 Å². The van der Waals surface area contributed by atoms with E-state index in [1.54, 1.807) is 6.07 Å². The van der Waals surface area contributed by atoms with Crippen molar-refractivity contribution in [1.29, 1.82) is 0 Å². The van der Waals surface area contributed by atoms with E-state index in [0.29, 0.717) is 45.8 Å². The topological polar surface area (TPSA) is 58.4 Å². The van der Waals surface area contributed by atoms with Crippen LogP contribution in [0.1, 0.15) is 13.3 Å². The molecule has 1 amide bonds. The molecule has 1 heterocycles. The standard InChI is InChI=1S/C14H18Cl3N3O.ClH/c1-8-2-9(5-18)6-20(8)7-14(21)19-13-4-11(16)10(15)3-12(13)17;/h3-4,8-9H,2,5-7,18H2,1H3,(H,19,21);1H. The average Bonchev–Trinajstić information content (AvgIpc) is 2.76. The number of benzene rings is 1. The van der Waals surface area contributed by atoms with Crippen molar-refractivity contribution in [3.8, 4) is 0 Å². The van der Waals surface area contributed by atoms with Gasteiger partial charge in [0.15, 0.2) is 0 Å². The highest BCUT2D eigenvalue weighted by Crippen LogP contribution is 2.32. The van der Waals surface area contributed by atoms with Gasteiger partial charge in [0.05, 0.1) is 27.3 Å². The van der Waals surface area contributed by atoms with Crippen molar-refractivity contribution >= 4 is 58.8 Å². The van der Waals surface area contributed by atoms with E-state index in [2.05, 4.69) is 17.1 Å². The molecule has 0 bridgehead atoms. The van der Waals surface area contributed by atoms with E-state index in [9.17, 15) is 4.79 Å². The molecule has 0 spiro atoms. The SMILES string of the molecule is CC1CC(CN)CN1CC(=O)Nc1cc(Cl)c(Cl)cc1Cl.Cl. The first-order valence-corrected chi connectivity index (χ1v) is 7.92. The Morgan fingerprint density at radius 2 is 1.95 bits per heavy atom. The Morgan fingerprint density at radius 1 is 1.32 bits per heavy atom. The molecule has 2 atom stereocenters. The van der Waals surface area contributed by atoms with Crippen molar-refractivity contribution < 1.29 is 4.79 Å². The Kier molecular flexibility index (Phi) is 7.72. The quantitative estimate of drug-likeness (QED) is 0.776. The van der Waals surface area contributed by atoms with E-state index in [0.717, 1.165) is 13.0 Å². The monoisotopic (exact) mass is 385 g/mol. The summed E-state index contributed by atoms with van der Waals surface area (Å²) in [5.41, 5.74) is 6.16. The minimum absolute atomic E-state index is 0. The van der Waals surface area contributed by atoms with Gasteiger partial charge in [-0.15, -0.1) is 12.4 Å². The molecule has 3 N–H and O–H groups in total. The smallest absolute Gasteiger partial charge is 0.238 e. The highest BCUT2D eigenvalue weighted by molar-refractivity contribution is 6.44. The first kappa shape index (κ1) is 19.8. The zero-order valence-corrected chi connectivity index (χ0v) is 15.2. The van der Waals surface area contributed by atoms with Gasteiger partial charge in [-0.25, -0.2) is 0 Å². The van der Waals surface area contributed by atoms with Crippen LogP contribution < -0.4 is 11.1 Å². The lowest BCUT2D eigenvalue weighted by Crippen LogP contribution is -2.36. The number of hydrogen-bond acceptors (Lipinski definition) is 3. The maximum absolute atomic E-state index is 12.1. The number of halogens is 4. The Hall–Kier alpha value is -0.230. The molecule has 1 aliphatic heterocycles. The molecule has 0 saturated carbocycles. The molecular formula is C14H19Cl4N3O. The number of rotatable bonds is 4. The molecule has 1 aliphatic rings. The molecule has 1 fully saturated rings. The number of anilines is 1. The Bertz CT molecular complexity index is 541. The number of nitrogens with one attached hydrogen (secondary N) is 1. The molecule has 8 heteroatoms. The highest BCUT2D eigenvalue weighted by Gasteiger charge is 2.29. The van der Waals surface area contributed by atoms with Crippen LogP contribution in [0, 0.1) is 5.92 Å². The van der Waals surface area contributed by atoms with Crippen LogP contribution in [0.15, 0.2) is 12.1 Å². The first-order valence-electron chi connectivity index (χ1n) is 6.79. The van der Waals surface area contributed by atoms with E-state index >= 15 is 0 Å². The third-order valence-corrected chi connectivity index (χ3v) is 4.79. The number of hydrogen-bond donors (Lipinski definition) is 2. The van der Waals surface area contributed by atoms with E-state index < -0.39 is 0 Å². The lowest BCUT2D eigenvalue weighted by Gasteiger charge is -2.20. The zero-order chi connectivity index (χ0) is 15.6. The Morgan fingerprint density at radius 3 is 2.55 bits per heavy atom. The Balaban J connectivity index is 0.00000242. The molecular weight excluding hydrogens is 368 g/mol. The van der Waals surface area contributed by atoms with Gasteiger partial charge in [0, 0.05) is 12.6 Å². The zero-order valence-electron chi connectivity index (χ0n) is 12.1. The molecule has 0 aliphatic carbocycles. The van der Waals surface area contributed by atoms with Crippen LogP contribution in [-0.2, 0) is 4.79 Å². The minimum atomic E-state index is -0.125. The van der Waals surface area contributed by atoms with Gasteiger partial charge in [-0.05, 0) is 37.9 Å². The summed E-state index contributed by atoms with van der Waals surface area (Å²) in [5, 5.41) is 3.85. The number of carbonyl (C=O) groups is 1. The van der Waals surface area contributed by atoms with Gasteiger partial charge in [0.25, 0.3) is 0 Å². The summed E-state index contributed by atoms with van der Waals surface area (Å²) >= 11 is 17.8. The predicted octanol–water partition coefficient (Wildman–Crippen LogP) is 3.68. The molecule has 2 rings (SSSR count). The van der Waals surface area contributed by atoms with Crippen LogP contribution in [0.3, 0.4) is 0 Å². The van der Waals surface area contributed by atoms with E-state index in [4.69, 9.17) is 40.5 Å². The first-order chi connectivity index (χ1) is 9.90. The number of nitrogens with zero attached hydrogens (tertiary/aromatic N) is 1. The molecule has 22 heavy (non-hydrogen) atoms. The molecule has 124 valence electrons. The Labute approximate surface area is 151 Å². The second-order valence-electron chi connectivity index (χ2n) is 5.41. The van der Waals surface area contributed by atoms with Crippen molar-refractivity contribution in [1.82, 2.24) is 4.90 Å². The van der Waals surface area contributed by atoms with E-state index in [1.807, 2.05) is 0 Å². The summed E-state index contributed by atoms with van der Waals surface area (Å²) in [7, 11) is 0. The summed E-state index contributed by atoms with van der Waals surface area (Å²) in [5.74, 6) is 0.334. The third kappa shape index (κ3) is 4.88. The molecule has 1 saturated heterocycles. The lowest BCUT2D eigenvalue weighted by atomic mass is 10.1. The summed E-state index contributed by atoms with van der Waals surface area (Å²) in [6.45, 7) is 3.92. The number of carbonyl (C=O) groups excluding carboxylic acids is 1. The molecule has 2 unspecified atom stereocenters. The molecule has 0 radical (unpaired) electrons. The summed E-state index contributed by atoms with van der Waals surface area (Å²) < 4.78 is 0. The van der Waals surface area contributed by atoms with Crippen LogP contribution in [0.2, 0.25) is 15.1 Å². The fourth-order valence-electron chi connectivity index (χ4n) is 2.60. The average molecular weight is 387 g/mol. The maximum atomic E-state index is 12.1. The lowest BCUT2D eigenvalue weighted by molar-refractivity contribution is -0.117. The van der Waals surface area contributed by atoms with Gasteiger partial charge < -0.3 is 11.1 Å². The van der Waals surface area contributed by atoms with Crippen molar-refractivity contribution in [2.45, 2.75) is 19.4 Å². The summed E-state index contributed by atoms with van der Waals surface area (Å²) in [6, 6.07) is 3.43. The molecule has 1 aromatic rings. The van der Waals surface area contributed by atoms with Crippen LogP contribution in [0.4, 0.5) is 5.69 Å². The fourth-order valence-corrected chi connectivity index (χ4v) is 3.20. The van der Waals surface area contributed by atoms with Crippen molar-refractivity contribution in [3.05, 3.63) is 27.2 Å². The fraction of sp³-hybridized carbons (Fsp3) is 0.500. The predicted molar refractivity (Wildman–Crippen MR) is 95.5 cm³/mol. The summed E-state index contributed by atoms with van der Waals surface area (Å²) in [4.78, 5) is 14.3. The van der Waals surface area contributed by atoms with Crippen molar-refractivity contribution in [2.24, 2.45) is 11.7 Å². The second-order valence-corrected chi connectivity index (χ2v) is 6.63. The normalized spacial score (nSPS) is 21.5. The van der Waals surface area contributed by atoms with Gasteiger partial charge in [-0.2, -0.15) is 0 Å². The minimum Gasteiger partial charge on any atom is -0.330 e. The molecule has 0 aromatic heterocycles. The van der Waals surface area contributed by atoms with Gasteiger partial charge in [-0.3, -0.25) is 9.69 Å². The number of likely N-dealkylation sites (tertiary alicyclic amines) is 1. The highest BCUT2D eigenvalue weighted by atomic mass is 35.5. The van der Waals surface area contributed by atoms with Gasteiger partial charge >= 0.3 is 0 Å². The largest absolute Gasteiger partial charge is 0.330 e.